The van der Waals surface area contributed by atoms with Crippen molar-refractivity contribution in [3.8, 4) is 0 Å². The molecule has 6 unspecified atom stereocenters. The summed E-state index contributed by atoms with van der Waals surface area (Å²) in [6, 6.07) is -5.34. The van der Waals surface area contributed by atoms with Crippen LogP contribution in [0.15, 0.2) is 0 Å². The summed E-state index contributed by atoms with van der Waals surface area (Å²) in [5.41, 5.74) is 11.0. The molecule has 13 nitrogen and oxygen atoms in total. The molecule has 0 saturated heterocycles. The molecule has 0 bridgehead atoms. The van der Waals surface area contributed by atoms with Crippen molar-refractivity contribution in [2.75, 3.05) is 6.54 Å². The molecule has 0 heterocycles. The van der Waals surface area contributed by atoms with Crippen LogP contribution in [0.3, 0.4) is 0 Å². The van der Waals surface area contributed by atoms with E-state index < -0.39 is 72.3 Å². The average molecular weight is 476 g/mol. The highest BCUT2D eigenvalue weighted by atomic mass is 16.4. The van der Waals surface area contributed by atoms with Crippen molar-refractivity contribution in [1.29, 1.82) is 0 Å². The first-order valence-corrected chi connectivity index (χ1v) is 10.8. The summed E-state index contributed by atoms with van der Waals surface area (Å²) in [5, 5.41) is 34.9. The monoisotopic (exact) mass is 475 g/mol. The van der Waals surface area contributed by atoms with E-state index in [1.54, 1.807) is 13.8 Å². The highest BCUT2D eigenvalue weighted by molar-refractivity contribution is 5.95. The van der Waals surface area contributed by atoms with Crippen LogP contribution in [0, 0.1) is 5.92 Å². The van der Waals surface area contributed by atoms with Crippen LogP contribution in [0.5, 0.6) is 0 Å². The van der Waals surface area contributed by atoms with Gasteiger partial charge in [0.05, 0.1) is 12.5 Å². The number of aliphatic hydroxyl groups excluding tert-OH is 1. The Hall–Kier alpha value is -2.77. The number of carbonyl (C=O) groups is 5. The van der Waals surface area contributed by atoms with Gasteiger partial charge in [-0.25, -0.2) is 4.79 Å². The van der Waals surface area contributed by atoms with Gasteiger partial charge < -0.3 is 42.7 Å². The number of carbonyl (C=O) groups excluding carboxylic acids is 3. The fourth-order valence-electron chi connectivity index (χ4n) is 2.84. The number of aliphatic hydroxyl groups is 1. The molecule has 0 aromatic rings. The lowest BCUT2D eigenvalue weighted by atomic mass is 9.97. The largest absolute Gasteiger partial charge is 0.481 e. The van der Waals surface area contributed by atoms with E-state index in [9.17, 15) is 34.2 Å². The normalized spacial score (nSPS) is 16.4. The van der Waals surface area contributed by atoms with Crippen molar-refractivity contribution in [2.24, 2.45) is 17.4 Å². The molecular weight excluding hydrogens is 438 g/mol. The van der Waals surface area contributed by atoms with E-state index in [0.29, 0.717) is 25.8 Å². The third-order valence-electron chi connectivity index (χ3n) is 5.19. The van der Waals surface area contributed by atoms with E-state index >= 15 is 0 Å². The number of amides is 3. The van der Waals surface area contributed by atoms with E-state index in [1.165, 1.54) is 6.92 Å². The van der Waals surface area contributed by atoms with Gasteiger partial charge in [0, 0.05) is 0 Å². The van der Waals surface area contributed by atoms with Crippen molar-refractivity contribution in [3.63, 3.8) is 0 Å². The van der Waals surface area contributed by atoms with Crippen LogP contribution in [0.4, 0.5) is 0 Å². The molecule has 190 valence electrons. The minimum absolute atomic E-state index is 0.0782. The molecule has 0 rings (SSSR count). The molecule has 10 N–H and O–H groups in total. The first-order valence-electron chi connectivity index (χ1n) is 10.8. The van der Waals surface area contributed by atoms with Gasteiger partial charge in [0.15, 0.2) is 0 Å². The number of hydrogen-bond acceptors (Lipinski definition) is 8. The van der Waals surface area contributed by atoms with E-state index in [2.05, 4.69) is 16.0 Å². The van der Waals surface area contributed by atoms with Crippen molar-refractivity contribution >= 4 is 29.7 Å². The van der Waals surface area contributed by atoms with E-state index in [1.807, 2.05) is 0 Å². The molecule has 3 amide bonds. The third-order valence-corrected chi connectivity index (χ3v) is 5.19. The summed E-state index contributed by atoms with van der Waals surface area (Å²) in [5.74, 6) is -5.75. The predicted octanol–water partition coefficient (Wildman–Crippen LogP) is -2.12. The molecule has 0 aliphatic rings. The number of aliphatic carboxylic acids is 2. The average Bonchev–Trinajstić information content (AvgIpc) is 2.74. The first-order chi connectivity index (χ1) is 15.3. The van der Waals surface area contributed by atoms with Crippen LogP contribution >= 0.6 is 0 Å². The Morgan fingerprint density at radius 1 is 0.879 bits per heavy atom. The fourth-order valence-corrected chi connectivity index (χ4v) is 2.84. The van der Waals surface area contributed by atoms with Crippen molar-refractivity contribution < 1.29 is 39.3 Å². The minimum atomic E-state index is -1.58. The van der Waals surface area contributed by atoms with Crippen LogP contribution in [0.2, 0.25) is 0 Å². The Morgan fingerprint density at radius 3 is 1.91 bits per heavy atom. The summed E-state index contributed by atoms with van der Waals surface area (Å²) < 4.78 is 0. The van der Waals surface area contributed by atoms with Crippen LogP contribution in [-0.4, -0.2) is 81.8 Å². The van der Waals surface area contributed by atoms with Gasteiger partial charge in [0.2, 0.25) is 17.7 Å². The standard InChI is InChI=1S/C20H37N5O8/c1-4-10(2)16(25-18(30)15(22)11(3)26)19(31)24-13(9-14(27)28)17(29)23-12(20(32)33)7-5-6-8-21/h10-13,15-16,26H,4-9,21-22H2,1-3H3,(H,23,29)(H,24,31)(H,25,30)(H,27,28)(H,32,33). The van der Waals surface area contributed by atoms with E-state index in [0.717, 1.165) is 0 Å². The third kappa shape index (κ3) is 11.1. The number of nitrogens with two attached hydrogens (primary N) is 2. The maximum atomic E-state index is 12.9. The Kier molecular flexibility index (Phi) is 13.9. The molecule has 0 aromatic carbocycles. The van der Waals surface area contributed by atoms with Gasteiger partial charge in [-0.3, -0.25) is 19.2 Å². The van der Waals surface area contributed by atoms with Gasteiger partial charge in [-0.1, -0.05) is 20.3 Å². The molecule has 13 heteroatoms. The van der Waals surface area contributed by atoms with Gasteiger partial charge in [-0.15, -0.1) is 0 Å². The van der Waals surface area contributed by atoms with Crippen molar-refractivity contribution in [3.05, 3.63) is 0 Å². The molecule has 0 spiro atoms. The quantitative estimate of drug-likeness (QED) is 0.113. The number of rotatable bonds is 16. The Balaban J connectivity index is 5.53. The lowest BCUT2D eigenvalue weighted by molar-refractivity contribution is -0.144. The maximum Gasteiger partial charge on any atom is 0.326 e. The molecule has 0 aliphatic heterocycles. The van der Waals surface area contributed by atoms with Gasteiger partial charge >= 0.3 is 11.9 Å². The van der Waals surface area contributed by atoms with Crippen LogP contribution in [0.1, 0.15) is 52.9 Å². The summed E-state index contributed by atoms with van der Waals surface area (Å²) in [7, 11) is 0. The maximum absolute atomic E-state index is 12.9. The second kappa shape index (κ2) is 15.1. The van der Waals surface area contributed by atoms with Gasteiger partial charge in [0.25, 0.3) is 0 Å². The highest BCUT2D eigenvalue weighted by Crippen LogP contribution is 2.10. The van der Waals surface area contributed by atoms with Crippen LogP contribution in [0.25, 0.3) is 0 Å². The molecule has 0 aliphatic carbocycles. The molecule has 0 saturated carbocycles. The first kappa shape index (κ1) is 30.2. The summed E-state index contributed by atoms with van der Waals surface area (Å²) in [6.45, 7) is 5.07. The Morgan fingerprint density at radius 2 is 1.45 bits per heavy atom. The van der Waals surface area contributed by atoms with E-state index in [-0.39, 0.29) is 6.42 Å². The predicted molar refractivity (Wildman–Crippen MR) is 118 cm³/mol. The number of carboxylic acids is 2. The summed E-state index contributed by atoms with van der Waals surface area (Å²) in [6.07, 6.45) is -0.492. The Bertz CT molecular complexity index is 687. The van der Waals surface area contributed by atoms with Crippen molar-refractivity contribution in [1.82, 2.24) is 16.0 Å². The SMILES string of the molecule is CCC(C)C(NC(=O)C(N)C(C)O)C(=O)NC(CC(=O)O)C(=O)NC(CCCCN)C(=O)O. The zero-order valence-corrected chi connectivity index (χ0v) is 19.2. The smallest absolute Gasteiger partial charge is 0.326 e. The fraction of sp³-hybridized carbons (Fsp3) is 0.750. The number of unbranched alkanes of at least 4 members (excludes halogenated alkanes) is 1. The lowest BCUT2D eigenvalue weighted by Crippen LogP contribution is -2.59. The van der Waals surface area contributed by atoms with Crippen LogP contribution in [-0.2, 0) is 24.0 Å². The number of nitrogens with one attached hydrogen (secondary N) is 3. The van der Waals surface area contributed by atoms with E-state index in [4.69, 9.17) is 16.6 Å². The Labute approximate surface area is 192 Å². The molecule has 0 radical (unpaired) electrons. The van der Waals surface area contributed by atoms with Gasteiger partial charge in [-0.05, 0) is 38.6 Å². The highest BCUT2D eigenvalue weighted by Gasteiger charge is 2.33. The molecule has 0 aromatic heterocycles. The zero-order chi connectivity index (χ0) is 25.7. The van der Waals surface area contributed by atoms with Crippen LogP contribution < -0.4 is 27.4 Å². The van der Waals surface area contributed by atoms with Crippen molar-refractivity contribution in [2.45, 2.75) is 83.1 Å². The summed E-state index contributed by atoms with van der Waals surface area (Å²) >= 11 is 0. The molecule has 0 fully saturated rings. The summed E-state index contributed by atoms with van der Waals surface area (Å²) in [4.78, 5) is 60.4. The second-order valence-electron chi connectivity index (χ2n) is 7.98. The van der Waals surface area contributed by atoms with Gasteiger partial charge in [0.1, 0.15) is 24.2 Å². The number of carboxylic acid groups (broad SMARTS) is 2. The topological polar surface area (TPSA) is 234 Å². The van der Waals surface area contributed by atoms with Gasteiger partial charge in [-0.2, -0.15) is 0 Å². The molecule has 6 atom stereocenters. The second-order valence-corrected chi connectivity index (χ2v) is 7.98. The lowest BCUT2D eigenvalue weighted by Gasteiger charge is -2.28. The molecule has 33 heavy (non-hydrogen) atoms. The number of hydrogen-bond donors (Lipinski definition) is 8. The zero-order valence-electron chi connectivity index (χ0n) is 19.2. The minimum Gasteiger partial charge on any atom is -0.481 e. The molecular formula is C20H37N5O8.